The molecule has 0 radical (unpaired) electrons. The smallest absolute Gasteiger partial charge is 0.270 e. The third-order valence-corrected chi connectivity index (χ3v) is 4.92. The van der Waals surface area contributed by atoms with Gasteiger partial charge in [0.1, 0.15) is 6.54 Å². The first-order valence-corrected chi connectivity index (χ1v) is 10.6. The van der Waals surface area contributed by atoms with Crippen LogP contribution >= 0.6 is 0 Å². The molecule has 29 heavy (non-hydrogen) atoms. The van der Waals surface area contributed by atoms with Crippen LogP contribution in [0.25, 0.3) is 6.08 Å². The molecule has 0 atom stereocenters. The molecule has 0 aliphatic carbocycles. The molecule has 1 aromatic heterocycles. The van der Waals surface area contributed by atoms with Crippen molar-refractivity contribution in [1.29, 1.82) is 0 Å². The minimum absolute atomic E-state index is 0.0767. The summed E-state index contributed by atoms with van der Waals surface area (Å²) in [6, 6.07) is 9.72. The highest BCUT2D eigenvalue weighted by molar-refractivity contribution is 6.07. The van der Waals surface area contributed by atoms with Gasteiger partial charge in [-0.25, -0.2) is 4.57 Å². The van der Waals surface area contributed by atoms with Crippen LogP contribution in [0.5, 0.6) is 0 Å². The SMILES string of the molecule is CCCCCCCCCC[n+]1cccc(/C=C/C(=O)c2cccc([N+](=O)[O-])c2)c1. The molecule has 1 heterocycles. The second-order valence-electron chi connectivity index (χ2n) is 7.36. The Bertz CT molecular complexity index is 830. The minimum atomic E-state index is -0.494. The standard InChI is InChI=1S/C24H31N2O3/c1-2-3-4-5-6-7-8-9-17-25-18-11-12-21(20-25)15-16-24(27)22-13-10-14-23(19-22)26(28)29/h10-16,18-20H,2-9,17H2,1H3/q+1/b16-15+. The molecule has 1 aromatic carbocycles. The van der Waals surface area contributed by atoms with Gasteiger partial charge in [0, 0.05) is 35.7 Å². The number of aryl methyl sites for hydroxylation is 1. The number of benzene rings is 1. The van der Waals surface area contributed by atoms with Gasteiger partial charge in [0.15, 0.2) is 18.2 Å². The minimum Gasteiger partial charge on any atom is -0.289 e. The van der Waals surface area contributed by atoms with Crippen LogP contribution in [-0.4, -0.2) is 10.7 Å². The second-order valence-corrected chi connectivity index (χ2v) is 7.36. The first-order chi connectivity index (χ1) is 14.1. The molecule has 5 heteroatoms. The number of pyridine rings is 1. The Morgan fingerprint density at radius 3 is 2.48 bits per heavy atom. The Morgan fingerprint density at radius 1 is 1.03 bits per heavy atom. The van der Waals surface area contributed by atoms with Crippen molar-refractivity contribution < 1.29 is 14.3 Å². The molecular weight excluding hydrogens is 364 g/mol. The third-order valence-electron chi connectivity index (χ3n) is 4.92. The summed E-state index contributed by atoms with van der Waals surface area (Å²) in [7, 11) is 0. The highest BCUT2D eigenvalue weighted by atomic mass is 16.6. The molecule has 2 aromatic rings. The van der Waals surface area contributed by atoms with Crippen LogP contribution in [0, 0.1) is 10.1 Å². The van der Waals surface area contributed by atoms with Gasteiger partial charge in [0.2, 0.25) is 0 Å². The van der Waals surface area contributed by atoms with Crippen molar-refractivity contribution >= 4 is 17.5 Å². The van der Waals surface area contributed by atoms with Crippen molar-refractivity contribution in [2.75, 3.05) is 0 Å². The number of nitro groups is 1. The lowest BCUT2D eigenvalue weighted by Crippen LogP contribution is -2.32. The number of carbonyl (C=O) groups is 1. The number of non-ortho nitro benzene ring substituents is 1. The number of carbonyl (C=O) groups excluding carboxylic acids is 1. The van der Waals surface area contributed by atoms with E-state index in [1.54, 1.807) is 12.1 Å². The number of rotatable bonds is 13. The van der Waals surface area contributed by atoms with Gasteiger partial charge in [-0.05, 0) is 24.6 Å². The zero-order valence-corrected chi connectivity index (χ0v) is 17.3. The molecule has 0 aliphatic heterocycles. The Balaban J connectivity index is 1.82. The van der Waals surface area contributed by atoms with E-state index in [-0.39, 0.29) is 11.5 Å². The largest absolute Gasteiger partial charge is 0.289 e. The van der Waals surface area contributed by atoms with Gasteiger partial charge in [-0.2, -0.15) is 0 Å². The van der Waals surface area contributed by atoms with Crippen LogP contribution in [0.15, 0.2) is 54.9 Å². The van der Waals surface area contributed by atoms with Gasteiger partial charge in [0.25, 0.3) is 5.69 Å². The van der Waals surface area contributed by atoms with Crippen LogP contribution in [0.1, 0.15) is 74.2 Å². The number of unbranched alkanes of at least 4 members (excludes halogenated alkanes) is 7. The highest BCUT2D eigenvalue weighted by Crippen LogP contribution is 2.14. The number of ketones is 1. The highest BCUT2D eigenvalue weighted by Gasteiger charge is 2.09. The molecule has 154 valence electrons. The fourth-order valence-electron chi connectivity index (χ4n) is 3.25. The number of aromatic nitrogens is 1. The van der Waals surface area contributed by atoms with E-state index in [9.17, 15) is 14.9 Å². The lowest BCUT2D eigenvalue weighted by Gasteiger charge is -2.01. The summed E-state index contributed by atoms with van der Waals surface area (Å²) in [6.45, 7) is 3.21. The number of hydrogen-bond donors (Lipinski definition) is 0. The fraction of sp³-hybridized carbons (Fsp3) is 0.417. The molecule has 5 nitrogen and oxygen atoms in total. The maximum absolute atomic E-state index is 12.3. The summed E-state index contributed by atoms with van der Waals surface area (Å²) in [5, 5.41) is 10.9. The molecule has 0 bridgehead atoms. The maximum Gasteiger partial charge on any atom is 0.270 e. The monoisotopic (exact) mass is 395 g/mol. The van der Waals surface area contributed by atoms with E-state index >= 15 is 0 Å². The van der Waals surface area contributed by atoms with Crippen molar-refractivity contribution in [3.8, 4) is 0 Å². The molecule has 0 saturated heterocycles. The predicted molar refractivity (Wildman–Crippen MR) is 116 cm³/mol. The fourth-order valence-corrected chi connectivity index (χ4v) is 3.25. The first-order valence-electron chi connectivity index (χ1n) is 10.6. The molecule has 0 aliphatic rings. The van der Waals surface area contributed by atoms with Gasteiger partial charge < -0.3 is 0 Å². The van der Waals surface area contributed by atoms with Gasteiger partial charge in [-0.15, -0.1) is 0 Å². The maximum atomic E-state index is 12.3. The van der Waals surface area contributed by atoms with Crippen molar-refractivity contribution in [1.82, 2.24) is 0 Å². The van der Waals surface area contributed by atoms with Gasteiger partial charge in [-0.3, -0.25) is 14.9 Å². The van der Waals surface area contributed by atoms with E-state index in [0.29, 0.717) is 5.56 Å². The number of allylic oxidation sites excluding steroid dienone is 1. The predicted octanol–water partition coefficient (Wildman–Crippen LogP) is 5.92. The third kappa shape index (κ3) is 8.38. The van der Waals surface area contributed by atoms with E-state index in [1.807, 2.05) is 24.5 Å². The summed E-state index contributed by atoms with van der Waals surface area (Å²) in [5.74, 6) is -0.243. The van der Waals surface area contributed by atoms with Crippen LogP contribution < -0.4 is 4.57 Å². The average molecular weight is 396 g/mol. The number of nitrogens with zero attached hydrogens (tertiary/aromatic N) is 2. The lowest BCUT2D eigenvalue weighted by molar-refractivity contribution is -0.697. The summed E-state index contributed by atoms with van der Waals surface area (Å²) < 4.78 is 2.15. The van der Waals surface area contributed by atoms with E-state index in [4.69, 9.17) is 0 Å². The van der Waals surface area contributed by atoms with Crippen molar-refractivity contribution in [2.45, 2.75) is 64.8 Å². The summed E-state index contributed by atoms with van der Waals surface area (Å²) in [5.41, 5.74) is 1.18. The van der Waals surface area contributed by atoms with E-state index in [1.165, 1.54) is 69.2 Å². The molecule has 0 amide bonds. The molecule has 0 spiro atoms. The van der Waals surface area contributed by atoms with Gasteiger partial charge in [0.05, 0.1) is 4.92 Å². The molecule has 0 N–H and O–H groups in total. The van der Waals surface area contributed by atoms with Gasteiger partial charge in [-0.1, -0.05) is 57.6 Å². The van der Waals surface area contributed by atoms with Crippen molar-refractivity contribution in [2.24, 2.45) is 0 Å². The molecule has 0 fully saturated rings. The zero-order chi connectivity index (χ0) is 20.9. The Morgan fingerprint density at radius 2 is 1.76 bits per heavy atom. The van der Waals surface area contributed by atoms with Crippen LogP contribution in [0.2, 0.25) is 0 Å². The Labute approximate surface area is 173 Å². The van der Waals surface area contributed by atoms with E-state index < -0.39 is 4.92 Å². The Kier molecular flexibility index (Phi) is 9.76. The van der Waals surface area contributed by atoms with E-state index in [2.05, 4.69) is 11.5 Å². The van der Waals surface area contributed by atoms with Crippen LogP contribution in [0.3, 0.4) is 0 Å². The Hall–Kier alpha value is -2.82. The summed E-state index contributed by atoms with van der Waals surface area (Å²) in [6.07, 6.45) is 17.6. The van der Waals surface area contributed by atoms with Crippen molar-refractivity contribution in [3.63, 3.8) is 0 Å². The topological polar surface area (TPSA) is 64.1 Å². The molecular formula is C24H31N2O3+. The van der Waals surface area contributed by atoms with E-state index in [0.717, 1.165) is 18.5 Å². The zero-order valence-electron chi connectivity index (χ0n) is 17.3. The van der Waals surface area contributed by atoms with Gasteiger partial charge >= 0.3 is 0 Å². The second kappa shape index (κ2) is 12.6. The quantitative estimate of drug-likeness (QED) is 0.106. The van der Waals surface area contributed by atoms with Crippen molar-refractivity contribution in [3.05, 3.63) is 76.1 Å². The van der Waals surface area contributed by atoms with Crippen LogP contribution in [-0.2, 0) is 6.54 Å². The summed E-state index contributed by atoms with van der Waals surface area (Å²) >= 11 is 0. The molecule has 2 rings (SSSR count). The molecule has 0 saturated carbocycles. The average Bonchev–Trinajstić information content (AvgIpc) is 2.74. The number of nitro benzene ring substituents is 1. The first kappa shape index (κ1) is 22.5. The number of hydrogen-bond acceptors (Lipinski definition) is 3. The lowest BCUT2D eigenvalue weighted by atomic mass is 10.1. The molecule has 0 unspecified atom stereocenters. The van der Waals surface area contributed by atoms with Crippen LogP contribution in [0.4, 0.5) is 5.69 Å². The normalized spacial score (nSPS) is 11.1. The summed E-state index contributed by atoms with van der Waals surface area (Å²) in [4.78, 5) is 22.7.